The van der Waals surface area contributed by atoms with Crippen LogP contribution in [0, 0.1) is 11.3 Å². The molecule has 2 N–H and O–H groups in total. The minimum Gasteiger partial charge on any atom is -0.478 e. The fourth-order valence-corrected chi connectivity index (χ4v) is 1.07. The van der Waals surface area contributed by atoms with Crippen LogP contribution in [0.2, 0.25) is 0 Å². The van der Waals surface area contributed by atoms with Crippen LogP contribution in [0.15, 0.2) is 18.2 Å². The van der Waals surface area contributed by atoms with Crippen molar-refractivity contribution in [2.24, 2.45) is 0 Å². The monoisotopic (exact) mass is 258 g/mol. The number of nitriles is 1. The maximum absolute atomic E-state index is 12.0. The summed E-state index contributed by atoms with van der Waals surface area (Å²) >= 11 is 0. The molecule has 0 heterocycles. The predicted octanol–water partition coefficient (Wildman–Crippen LogP) is 1.76. The molecule has 0 aromatic heterocycles. The number of alkyl halides is 3. The van der Waals surface area contributed by atoms with E-state index in [2.05, 4.69) is 0 Å². The van der Waals surface area contributed by atoms with Crippen LogP contribution in [0.3, 0.4) is 0 Å². The molecule has 0 radical (unpaired) electrons. The van der Waals surface area contributed by atoms with Crippen LogP contribution in [0.4, 0.5) is 18.9 Å². The normalized spacial score (nSPS) is 10.6. The van der Waals surface area contributed by atoms with Gasteiger partial charge in [-0.1, -0.05) is 0 Å². The molecule has 1 amide bonds. The molecule has 18 heavy (non-hydrogen) atoms. The summed E-state index contributed by atoms with van der Waals surface area (Å²) in [4.78, 5) is 21.2. The molecule has 0 atom stereocenters. The molecule has 0 unspecified atom stereocenters. The van der Waals surface area contributed by atoms with Gasteiger partial charge in [0.1, 0.15) is 6.07 Å². The lowest BCUT2D eigenvalue weighted by Crippen LogP contribution is -2.30. The van der Waals surface area contributed by atoms with Gasteiger partial charge < -0.3 is 10.4 Å². The summed E-state index contributed by atoms with van der Waals surface area (Å²) in [5.41, 5.74) is -1.03. The second kappa shape index (κ2) is 4.75. The Morgan fingerprint density at radius 2 is 1.94 bits per heavy atom. The van der Waals surface area contributed by atoms with E-state index >= 15 is 0 Å². The van der Waals surface area contributed by atoms with Gasteiger partial charge in [0.2, 0.25) is 0 Å². The molecule has 0 bridgehead atoms. The van der Waals surface area contributed by atoms with Crippen molar-refractivity contribution in [1.82, 2.24) is 0 Å². The third-order valence-corrected chi connectivity index (χ3v) is 1.89. The topological polar surface area (TPSA) is 90.2 Å². The first-order valence-corrected chi connectivity index (χ1v) is 4.41. The van der Waals surface area contributed by atoms with E-state index in [1.54, 1.807) is 0 Å². The lowest BCUT2D eigenvalue weighted by Gasteiger charge is -2.09. The number of carboxylic acid groups (broad SMARTS) is 1. The number of carbonyl (C=O) groups is 2. The van der Waals surface area contributed by atoms with Crippen LogP contribution < -0.4 is 5.32 Å². The number of nitrogens with zero attached hydrogens (tertiary/aromatic N) is 1. The summed E-state index contributed by atoms with van der Waals surface area (Å²) in [7, 11) is 0. The summed E-state index contributed by atoms with van der Waals surface area (Å²) in [6.45, 7) is 0. The van der Waals surface area contributed by atoms with Crippen molar-refractivity contribution in [2.75, 3.05) is 5.32 Å². The Labute approximate surface area is 98.4 Å². The van der Waals surface area contributed by atoms with E-state index in [9.17, 15) is 22.8 Å². The van der Waals surface area contributed by atoms with Gasteiger partial charge in [-0.25, -0.2) is 4.79 Å². The van der Waals surface area contributed by atoms with Gasteiger partial charge in [-0.2, -0.15) is 18.4 Å². The summed E-state index contributed by atoms with van der Waals surface area (Å²) < 4.78 is 36.0. The van der Waals surface area contributed by atoms with E-state index in [0.717, 1.165) is 18.2 Å². The summed E-state index contributed by atoms with van der Waals surface area (Å²) in [6, 6.07) is 4.28. The van der Waals surface area contributed by atoms with E-state index in [1.807, 2.05) is 0 Å². The van der Waals surface area contributed by atoms with E-state index in [0.29, 0.717) is 0 Å². The van der Waals surface area contributed by atoms with E-state index < -0.39 is 23.7 Å². The lowest BCUT2D eigenvalue weighted by molar-refractivity contribution is -0.167. The zero-order valence-corrected chi connectivity index (χ0v) is 8.58. The SMILES string of the molecule is N#Cc1cc(C(=O)O)ccc1NC(=O)C(F)(F)F. The summed E-state index contributed by atoms with van der Waals surface area (Å²) in [6.07, 6.45) is -5.09. The quantitative estimate of drug-likeness (QED) is 0.845. The second-order valence-corrected chi connectivity index (χ2v) is 3.13. The van der Waals surface area contributed by atoms with Crippen molar-refractivity contribution in [2.45, 2.75) is 6.18 Å². The van der Waals surface area contributed by atoms with Gasteiger partial charge in [0.05, 0.1) is 16.8 Å². The Morgan fingerprint density at radius 1 is 1.33 bits per heavy atom. The van der Waals surface area contributed by atoms with Gasteiger partial charge in [0.25, 0.3) is 0 Å². The number of benzene rings is 1. The Kier molecular flexibility index (Phi) is 3.56. The van der Waals surface area contributed by atoms with Crippen LogP contribution in [0.1, 0.15) is 15.9 Å². The number of carboxylic acids is 1. The average Bonchev–Trinajstić information content (AvgIpc) is 2.27. The van der Waals surface area contributed by atoms with Crippen molar-refractivity contribution >= 4 is 17.6 Å². The molecule has 0 saturated heterocycles. The molecule has 0 aliphatic rings. The number of nitrogens with one attached hydrogen (secondary N) is 1. The third-order valence-electron chi connectivity index (χ3n) is 1.89. The number of rotatable bonds is 2. The van der Waals surface area contributed by atoms with Gasteiger partial charge in [-0.3, -0.25) is 4.79 Å². The van der Waals surface area contributed by atoms with Gasteiger partial charge in [0, 0.05) is 0 Å². The molecule has 1 rings (SSSR count). The van der Waals surface area contributed by atoms with Crippen molar-refractivity contribution in [1.29, 1.82) is 5.26 Å². The van der Waals surface area contributed by atoms with Gasteiger partial charge in [0.15, 0.2) is 0 Å². The fourth-order valence-electron chi connectivity index (χ4n) is 1.07. The fraction of sp³-hybridized carbons (Fsp3) is 0.100. The van der Waals surface area contributed by atoms with Crippen LogP contribution in [-0.2, 0) is 4.79 Å². The van der Waals surface area contributed by atoms with Crippen molar-refractivity contribution in [3.05, 3.63) is 29.3 Å². The first kappa shape index (κ1) is 13.5. The number of aromatic carboxylic acids is 1. The largest absolute Gasteiger partial charge is 0.478 e. The maximum Gasteiger partial charge on any atom is 0.471 e. The predicted molar refractivity (Wildman–Crippen MR) is 52.8 cm³/mol. The number of amides is 1. The molecule has 0 saturated carbocycles. The van der Waals surface area contributed by atoms with Crippen LogP contribution in [0.25, 0.3) is 0 Å². The van der Waals surface area contributed by atoms with Gasteiger partial charge in [-0.05, 0) is 18.2 Å². The van der Waals surface area contributed by atoms with E-state index in [-0.39, 0.29) is 11.1 Å². The van der Waals surface area contributed by atoms with Crippen molar-refractivity contribution in [3.63, 3.8) is 0 Å². The molecule has 1 aromatic carbocycles. The standard InChI is InChI=1S/C10H5F3N2O3/c11-10(12,13)9(18)15-7-2-1-5(8(16)17)3-6(7)4-14/h1-3H,(H,15,18)(H,16,17). The highest BCUT2D eigenvalue weighted by atomic mass is 19.4. The van der Waals surface area contributed by atoms with Crippen LogP contribution in [0.5, 0.6) is 0 Å². The Balaban J connectivity index is 3.09. The third kappa shape index (κ3) is 2.98. The summed E-state index contributed by atoms with van der Waals surface area (Å²) in [5.74, 6) is -3.57. The smallest absolute Gasteiger partial charge is 0.471 e. The van der Waals surface area contributed by atoms with E-state index in [4.69, 9.17) is 10.4 Å². The second-order valence-electron chi connectivity index (χ2n) is 3.13. The first-order chi connectivity index (χ1) is 8.25. The molecule has 5 nitrogen and oxygen atoms in total. The molecular formula is C10H5F3N2O3. The number of anilines is 1. The molecular weight excluding hydrogens is 253 g/mol. The highest BCUT2D eigenvalue weighted by molar-refractivity contribution is 5.97. The van der Waals surface area contributed by atoms with Crippen LogP contribution >= 0.6 is 0 Å². The molecule has 0 aliphatic carbocycles. The van der Waals surface area contributed by atoms with Crippen molar-refractivity contribution in [3.8, 4) is 6.07 Å². The minimum absolute atomic E-state index is 0.267. The molecule has 0 fully saturated rings. The Bertz CT molecular complexity index is 546. The number of halogens is 3. The van der Waals surface area contributed by atoms with Crippen molar-refractivity contribution < 1.29 is 27.9 Å². The molecule has 8 heteroatoms. The highest BCUT2D eigenvalue weighted by Crippen LogP contribution is 2.21. The molecule has 94 valence electrons. The summed E-state index contributed by atoms with van der Waals surface area (Å²) in [5, 5.41) is 18.8. The maximum atomic E-state index is 12.0. The first-order valence-electron chi connectivity index (χ1n) is 4.41. The number of hydrogen-bond donors (Lipinski definition) is 2. The van der Waals surface area contributed by atoms with Crippen LogP contribution in [-0.4, -0.2) is 23.2 Å². The Morgan fingerprint density at radius 3 is 2.39 bits per heavy atom. The average molecular weight is 258 g/mol. The zero-order valence-electron chi connectivity index (χ0n) is 8.58. The zero-order chi connectivity index (χ0) is 13.9. The minimum atomic E-state index is -5.09. The lowest BCUT2D eigenvalue weighted by atomic mass is 10.1. The van der Waals surface area contributed by atoms with Gasteiger partial charge in [-0.15, -0.1) is 0 Å². The number of hydrogen-bond acceptors (Lipinski definition) is 3. The Hall–Kier alpha value is -2.56. The van der Waals surface area contributed by atoms with E-state index in [1.165, 1.54) is 11.4 Å². The highest BCUT2D eigenvalue weighted by Gasteiger charge is 2.39. The molecule has 0 aliphatic heterocycles. The molecule has 0 spiro atoms. The van der Waals surface area contributed by atoms with Gasteiger partial charge >= 0.3 is 18.1 Å². The molecule has 1 aromatic rings. The number of carbonyl (C=O) groups excluding carboxylic acids is 1.